The van der Waals surface area contributed by atoms with Crippen LogP contribution >= 0.6 is 0 Å². The lowest BCUT2D eigenvalue weighted by atomic mass is 9.57. The second kappa shape index (κ2) is 4.32. The van der Waals surface area contributed by atoms with Crippen LogP contribution < -0.4 is 5.32 Å². The number of aryl methyl sites for hydroxylation is 1. The number of fused-ring (bicyclic) bond motifs is 1. The van der Waals surface area contributed by atoms with Gasteiger partial charge in [0.05, 0.1) is 6.10 Å². The summed E-state index contributed by atoms with van der Waals surface area (Å²) in [5.74, 6) is 0.707. The van der Waals surface area contributed by atoms with Gasteiger partial charge in [-0.05, 0) is 25.0 Å². The predicted octanol–water partition coefficient (Wildman–Crippen LogP) is 2.29. The first-order chi connectivity index (χ1) is 8.59. The van der Waals surface area contributed by atoms with E-state index < -0.39 is 0 Å². The molecule has 0 bridgehead atoms. The minimum Gasteiger partial charge on any atom is -0.377 e. The summed E-state index contributed by atoms with van der Waals surface area (Å²) in [5, 5.41) is 3.70. The van der Waals surface area contributed by atoms with E-state index >= 15 is 0 Å². The average Bonchev–Trinajstić information content (AvgIpc) is 2.78. The molecule has 3 nitrogen and oxygen atoms in total. The van der Waals surface area contributed by atoms with Gasteiger partial charge in [0.25, 0.3) is 0 Å². The highest BCUT2D eigenvalue weighted by Gasteiger charge is 2.58. The molecule has 1 aromatic rings. The first-order valence-corrected chi connectivity index (χ1v) is 6.85. The lowest BCUT2D eigenvalue weighted by Gasteiger charge is -2.55. The first kappa shape index (κ1) is 12.1. The van der Waals surface area contributed by atoms with Gasteiger partial charge in [-0.15, -0.1) is 0 Å². The maximum Gasteiger partial charge on any atom is 0.0685 e. The van der Waals surface area contributed by atoms with E-state index in [1.165, 1.54) is 12.0 Å². The number of hydrogen-bond donors (Lipinski definition) is 1. The van der Waals surface area contributed by atoms with Gasteiger partial charge in [0, 0.05) is 42.4 Å². The molecule has 0 amide bonds. The molecule has 3 rings (SSSR count). The molecule has 0 aromatic carbocycles. The number of aromatic nitrogens is 1. The molecule has 3 heteroatoms. The Bertz CT molecular complexity index is 427. The molecule has 1 saturated carbocycles. The van der Waals surface area contributed by atoms with Crippen molar-refractivity contribution in [2.24, 2.45) is 11.3 Å². The highest BCUT2D eigenvalue weighted by atomic mass is 16.5. The molecular weight excluding hydrogens is 224 g/mol. The topological polar surface area (TPSA) is 34.1 Å². The molecule has 0 radical (unpaired) electrons. The molecule has 18 heavy (non-hydrogen) atoms. The van der Waals surface area contributed by atoms with E-state index in [1.807, 2.05) is 13.1 Å². The Morgan fingerprint density at radius 2 is 2.28 bits per heavy atom. The van der Waals surface area contributed by atoms with E-state index in [0.29, 0.717) is 18.1 Å². The van der Waals surface area contributed by atoms with Crippen molar-refractivity contribution in [3.63, 3.8) is 0 Å². The van der Waals surface area contributed by atoms with Gasteiger partial charge >= 0.3 is 0 Å². The molecule has 1 aliphatic heterocycles. The molecule has 1 aromatic heterocycles. The lowest BCUT2D eigenvalue weighted by molar-refractivity contribution is -0.113. The predicted molar refractivity (Wildman–Crippen MR) is 71.2 cm³/mol. The molecule has 98 valence electrons. The van der Waals surface area contributed by atoms with Crippen LogP contribution in [0.5, 0.6) is 0 Å². The number of nitrogens with one attached hydrogen (secondary N) is 1. The van der Waals surface area contributed by atoms with E-state index in [-0.39, 0.29) is 5.41 Å². The van der Waals surface area contributed by atoms with Gasteiger partial charge in [0.2, 0.25) is 0 Å². The Morgan fingerprint density at radius 3 is 3.00 bits per heavy atom. The van der Waals surface area contributed by atoms with Crippen molar-refractivity contribution in [1.29, 1.82) is 0 Å². The van der Waals surface area contributed by atoms with Gasteiger partial charge < -0.3 is 10.1 Å². The minimum absolute atomic E-state index is 0.263. The smallest absolute Gasteiger partial charge is 0.0685 e. The molecule has 1 N–H and O–H groups in total. The third-order valence-corrected chi connectivity index (χ3v) is 4.60. The fraction of sp³-hybridized carbons (Fsp3) is 0.667. The fourth-order valence-electron chi connectivity index (χ4n) is 3.57. The highest BCUT2D eigenvalue weighted by molar-refractivity contribution is 5.15. The fourth-order valence-corrected chi connectivity index (χ4v) is 3.57. The molecule has 3 atom stereocenters. The summed E-state index contributed by atoms with van der Waals surface area (Å²) in [6, 6.07) is 4.81. The zero-order valence-electron chi connectivity index (χ0n) is 11.4. The quantitative estimate of drug-likeness (QED) is 0.888. The van der Waals surface area contributed by atoms with Gasteiger partial charge in [-0.1, -0.05) is 19.9 Å². The van der Waals surface area contributed by atoms with Crippen molar-refractivity contribution in [3.05, 3.63) is 29.6 Å². The van der Waals surface area contributed by atoms with E-state index in [2.05, 4.69) is 36.3 Å². The molecule has 2 aliphatic rings. The van der Waals surface area contributed by atoms with Crippen LogP contribution in [0.3, 0.4) is 0 Å². The van der Waals surface area contributed by atoms with Crippen molar-refractivity contribution in [3.8, 4) is 0 Å². The molecule has 3 unspecified atom stereocenters. The Morgan fingerprint density at radius 1 is 1.44 bits per heavy atom. The number of ether oxygens (including phenoxy) is 1. The third kappa shape index (κ3) is 1.86. The van der Waals surface area contributed by atoms with Crippen LogP contribution in [0.15, 0.2) is 18.3 Å². The molecule has 0 spiro atoms. The molecule has 1 aliphatic carbocycles. The van der Waals surface area contributed by atoms with Crippen LogP contribution in [-0.4, -0.2) is 23.7 Å². The summed E-state index contributed by atoms with van der Waals surface area (Å²) in [7, 11) is 0. The summed E-state index contributed by atoms with van der Waals surface area (Å²) in [6.45, 7) is 8.48. The Kier molecular flexibility index (Phi) is 2.91. The maximum atomic E-state index is 5.81. The van der Waals surface area contributed by atoms with Crippen LogP contribution in [0.2, 0.25) is 0 Å². The summed E-state index contributed by atoms with van der Waals surface area (Å²) in [6.07, 6.45) is 3.64. The van der Waals surface area contributed by atoms with Crippen LogP contribution in [0.25, 0.3) is 0 Å². The van der Waals surface area contributed by atoms with Gasteiger partial charge in [-0.25, -0.2) is 0 Å². The summed E-state index contributed by atoms with van der Waals surface area (Å²) >= 11 is 0. The van der Waals surface area contributed by atoms with Crippen LogP contribution in [-0.2, 0) is 11.3 Å². The van der Waals surface area contributed by atoms with Gasteiger partial charge in [0.1, 0.15) is 0 Å². The Hall–Kier alpha value is -0.930. The SMILES string of the molecule is Cc1ccc(CNC2C3CCOC3C2(C)C)cn1. The van der Waals surface area contributed by atoms with Crippen molar-refractivity contribution in [2.75, 3.05) is 6.61 Å². The third-order valence-electron chi connectivity index (χ3n) is 4.60. The second-order valence-electron chi connectivity index (χ2n) is 6.23. The van der Waals surface area contributed by atoms with Gasteiger partial charge in [-0.3, -0.25) is 4.98 Å². The molecule has 1 saturated heterocycles. The van der Waals surface area contributed by atoms with E-state index in [4.69, 9.17) is 4.74 Å². The van der Waals surface area contributed by atoms with E-state index in [1.54, 1.807) is 0 Å². The minimum atomic E-state index is 0.263. The Balaban J connectivity index is 1.62. The molecule has 2 fully saturated rings. The standard InChI is InChI=1S/C15H22N2O/c1-10-4-5-11(8-16-10)9-17-13-12-6-7-18-14(12)15(13,2)3/h4-5,8,12-14,17H,6-7,9H2,1-3H3. The Labute approximate surface area is 109 Å². The number of pyridine rings is 1. The average molecular weight is 246 g/mol. The van der Waals surface area contributed by atoms with Gasteiger partial charge in [0.15, 0.2) is 0 Å². The van der Waals surface area contributed by atoms with Crippen molar-refractivity contribution in [2.45, 2.75) is 45.9 Å². The first-order valence-electron chi connectivity index (χ1n) is 6.85. The zero-order chi connectivity index (χ0) is 12.8. The number of nitrogens with zero attached hydrogens (tertiary/aromatic N) is 1. The summed E-state index contributed by atoms with van der Waals surface area (Å²) in [5.41, 5.74) is 2.60. The zero-order valence-corrected chi connectivity index (χ0v) is 11.4. The van der Waals surface area contributed by atoms with Crippen LogP contribution in [0, 0.1) is 18.3 Å². The number of rotatable bonds is 3. The van der Waals surface area contributed by atoms with Gasteiger partial charge in [-0.2, -0.15) is 0 Å². The molecule has 2 heterocycles. The lowest BCUT2D eigenvalue weighted by Crippen LogP contribution is -2.65. The summed E-state index contributed by atoms with van der Waals surface area (Å²) < 4.78 is 5.81. The number of hydrogen-bond acceptors (Lipinski definition) is 3. The highest BCUT2D eigenvalue weighted by Crippen LogP contribution is 2.52. The van der Waals surface area contributed by atoms with Crippen molar-refractivity contribution >= 4 is 0 Å². The maximum absolute atomic E-state index is 5.81. The van der Waals surface area contributed by atoms with E-state index in [0.717, 1.165) is 18.8 Å². The largest absolute Gasteiger partial charge is 0.377 e. The van der Waals surface area contributed by atoms with Crippen molar-refractivity contribution < 1.29 is 4.74 Å². The van der Waals surface area contributed by atoms with Crippen LogP contribution in [0.1, 0.15) is 31.5 Å². The molecular formula is C15H22N2O. The summed E-state index contributed by atoms with van der Waals surface area (Å²) in [4.78, 5) is 4.34. The second-order valence-corrected chi connectivity index (χ2v) is 6.23. The van der Waals surface area contributed by atoms with Crippen molar-refractivity contribution in [1.82, 2.24) is 10.3 Å². The normalized spacial score (nSPS) is 32.9. The van der Waals surface area contributed by atoms with Crippen LogP contribution in [0.4, 0.5) is 0 Å². The monoisotopic (exact) mass is 246 g/mol. The van der Waals surface area contributed by atoms with E-state index in [9.17, 15) is 0 Å².